The first kappa shape index (κ1) is 9.35. The van der Waals surface area contributed by atoms with Crippen molar-refractivity contribution in [3.63, 3.8) is 0 Å². The summed E-state index contributed by atoms with van der Waals surface area (Å²) in [6, 6.07) is 2.00. The van der Waals surface area contributed by atoms with Gasteiger partial charge in [0.25, 0.3) is 0 Å². The Kier molecular flexibility index (Phi) is 2.72. The summed E-state index contributed by atoms with van der Waals surface area (Å²) >= 11 is 0. The molecular weight excluding hydrogens is 180 g/mol. The van der Waals surface area contributed by atoms with E-state index in [1.54, 1.807) is 0 Å². The molecule has 0 aliphatic heterocycles. The molecule has 0 unspecified atom stereocenters. The molecule has 0 saturated carbocycles. The molecule has 1 rings (SSSR count). The molecule has 0 radical (unpaired) electrons. The highest BCUT2D eigenvalue weighted by atomic mass is 19.1. The molecule has 3 nitrogen and oxygen atoms in total. The van der Waals surface area contributed by atoms with E-state index in [1.807, 2.05) is 0 Å². The van der Waals surface area contributed by atoms with E-state index >= 15 is 0 Å². The van der Waals surface area contributed by atoms with Crippen molar-refractivity contribution in [1.82, 2.24) is 0 Å². The lowest BCUT2D eigenvalue weighted by atomic mass is 10.2. The predicted octanol–water partition coefficient (Wildman–Crippen LogP) is 1.51. The summed E-state index contributed by atoms with van der Waals surface area (Å²) < 4.78 is 25.4. The fourth-order valence-electron chi connectivity index (χ4n) is 0.822. The van der Waals surface area contributed by atoms with Crippen LogP contribution >= 0.6 is 0 Å². The van der Waals surface area contributed by atoms with Crippen LogP contribution in [0.4, 0.5) is 8.78 Å². The third kappa shape index (κ3) is 1.89. The van der Waals surface area contributed by atoms with Gasteiger partial charge in [-0.3, -0.25) is 0 Å². The Morgan fingerprint density at radius 2 is 2.15 bits per heavy atom. The van der Waals surface area contributed by atoms with E-state index in [4.69, 9.17) is 5.11 Å². The Bertz CT molecular complexity index is 373. The van der Waals surface area contributed by atoms with E-state index in [-0.39, 0.29) is 12.1 Å². The maximum Gasteiger partial charge on any atom is 0.235 e. The molecule has 0 aliphatic rings. The van der Waals surface area contributed by atoms with Crippen LogP contribution in [-0.4, -0.2) is 11.2 Å². The van der Waals surface area contributed by atoms with Crippen LogP contribution in [0.5, 0.6) is 5.75 Å². The van der Waals surface area contributed by atoms with Crippen molar-refractivity contribution in [3.05, 3.63) is 29.3 Å². The van der Waals surface area contributed by atoms with Gasteiger partial charge in [-0.2, -0.15) is 0 Å². The fraction of sp³-hybridized carbons (Fsp3) is 0.125. The number of hydrogen-bond acceptors (Lipinski definition) is 3. The van der Waals surface area contributed by atoms with Gasteiger partial charge in [0.15, 0.2) is 17.4 Å². The standard InChI is InChI=1S/C8H5F2NO2/c9-6-2-1-5(3-11-4-12)7(10)8(6)13/h1-2,13H,3H2. The Morgan fingerprint density at radius 3 is 2.77 bits per heavy atom. The van der Waals surface area contributed by atoms with E-state index in [2.05, 4.69) is 4.99 Å². The van der Waals surface area contributed by atoms with Gasteiger partial charge in [-0.15, -0.1) is 0 Å². The normalized spacial score (nSPS) is 9.38. The number of phenolic OH excluding ortho intramolecular Hbond substituents is 1. The Morgan fingerprint density at radius 1 is 1.46 bits per heavy atom. The first-order chi connectivity index (χ1) is 6.16. The molecule has 0 bridgehead atoms. The van der Waals surface area contributed by atoms with Gasteiger partial charge >= 0.3 is 0 Å². The molecule has 0 aliphatic carbocycles. The minimum Gasteiger partial charge on any atom is -0.503 e. The molecule has 0 heterocycles. The molecule has 1 aromatic carbocycles. The monoisotopic (exact) mass is 185 g/mol. The van der Waals surface area contributed by atoms with Crippen LogP contribution in [0.25, 0.3) is 0 Å². The highest BCUT2D eigenvalue weighted by Crippen LogP contribution is 2.23. The molecule has 0 amide bonds. The van der Waals surface area contributed by atoms with E-state index in [0.717, 1.165) is 12.1 Å². The van der Waals surface area contributed by atoms with Crippen LogP contribution in [0, 0.1) is 11.6 Å². The second-order valence-corrected chi connectivity index (χ2v) is 2.28. The average molecular weight is 185 g/mol. The van der Waals surface area contributed by atoms with Crippen molar-refractivity contribution >= 4 is 6.08 Å². The lowest BCUT2D eigenvalue weighted by Gasteiger charge is -2.01. The summed E-state index contributed by atoms with van der Waals surface area (Å²) in [5.41, 5.74) is -0.0535. The smallest absolute Gasteiger partial charge is 0.235 e. The van der Waals surface area contributed by atoms with Gasteiger partial charge in [-0.1, -0.05) is 6.07 Å². The number of aromatic hydroxyl groups is 1. The number of aliphatic imine (C=N–C) groups is 1. The fourth-order valence-corrected chi connectivity index (χ4v) is 0.822. The third-order valence-corrected chi connectivity index (χ3v) is 1.46. The van der Waals surface area contributed by atoms with Gasteiger partial charge in [0, 0.05) is 5.56 Å². The summed E-state index contributed by atoms with van der Waals surface area (Å²) in [5.74, 6) is -3.20. The van der Waals surface area contributed by atoms with Crippen molar-refractivity contribution in [2.45, 2.75) is 6.54 Å². The van der Waals surface area contributed by atoms with Gasteiger partial charge in [0.05, 0.1) is 6.54 Å². The van der Waals surface area contributed by atoms with Crippen LogP contribution < -0.4 is 0 Å². The molecular formula is C8H5F2NO2. The van der Waals surface area contributed by atoms with Gasteiger partial charge in [0.1, 0.15) is 0 Å². The number of phenols is 1. The number of isocyanates is 1. The Balaban J connectivity index is 3.10. The molecule has 0 spiro atoms. The first-order valence-electron chi connectivity index (χ1n) is 3.36. The molecule has 0 fully saturated rings. The zero-order valence-electron chi connectivity index (χ0n) is 6.42. The van der Waals surface area contributed by atoms with Crippen LogP contribution in [0.3, 0.4) is 0 Å². The molecule has 0 saturated heterocycles. The number of carbonyl (C=O) groups excluding carboxylic acids is 1. The number of hydrogen-bond donors (Lipinski definition) is 1. The Labute approximate surface area is 72.3 Å². The number of rotatable bonds is 2. The second kappa shape index (κ2) is 3.78. The van der Waals surface area contributed by atoms with E-state index < -0.39 is 17.4 Å². The summed E-state index contributed by atoms with van der Waals surface area (Å²) in [5, 5.41) is 8.80. The van der Waals surface area contributed by atoms with E-state index in [9.17, 15) is 13.6 Å². The lowest BCUT2D eigenvalue weighted by molar-refractivity contribution is 0.393. The number of halogens is 2. The molecule has 0 atom stereocenters. The highest BCUT2D eigenvalue weighted by Gasteiger charge is 2.11. The van der Waals surface area contributed by atoms with E-state index in [0.29, 0.717) is 0 Å². The van der Waals surface area contributed by atoms with Crippen LogP contribution in [-0.2, 0) is 11.3 Å². The average Bonchev–Trinajstić information content (AvgIpc) is 2.13. The maximum atomic E-state index is 12.9. The number of benzene rings is 1. The zero-order chi connectivity index (χ0) is 9.84. The van der Waals surface area contributed by atoms with Crippen molar-refractivity contribution < 1.29 is 18.7 Å². The van der Waals surface area contributed by atoms with Crippen molar-refractivity contribution in [3.8, 4) is 5.75 Å². The van der Waals surface area contributed by atoms with Gasteiger partial charge in [-0.25, -0.2) is 18.6 Å². The van der Waals surface area contributed by atoms with Crippen molar-refractivity contribution in [2.75, 3.05) is 0 Å². The predicted molar refractivity (Wildman–Crippen MR) is 39.8 cm³/mol. The molecule has 5 heteroatoms. The van der Waals surface area contributed by atoms with Gasteiger partial charge in [-0.05, 0) is 6.07 Å². The summed E-state index contributed by atoms with van der Waals surface area (Å²) in [7, 11) is 0. The summed E-state index contributed by atoms with van der Waals surface area (Å²) in [6.45, 7) is -0.261. The lowest BCUT2D eigenvalue weighted by Crippen LogP contribution is -1.91. The van der Waals surface area contributed by atoms with Gasteiger partial charge in [0.2, 0.25) is 6.08 Å². The Hall–Kier alpha value is -1.74. The van der Waals surface area contributed by atoms with E-state index in [1.165, 1.54) is 6.08 Å². The molecule has 1 N–H and O–H groups in total. The highest BCUT2D eigenvalue weighted by molar-refractivity contribution is 5.36. The quantitative estimate of drug-likeness (QED) is 0.560. The molecule has 0 aromatic heterocycles. The molecule has 68 valence electrons. The van der Waals surface area contributed by atoms with Crippen molar-refractivity contribution in [1.29, 1.82) is 0 Å². The largest absolute Gasteiger partial charge is 0.503 e. The van der Waals surface area contributed by atoms with Gasteiger partial charge < -0.3 is 5.11 Å². The second-order valence-electron chi connectivity index (χ2n) is 2.28. The third-order valence-electron chi connectivity index (χ3n) is 1.46. The molecule has 13 heavy (non-hydrogen) atoms. The summed E-state index contributed by atoms with van der Waals surface area (Å²) in [4.78, 5) is 12.8. The number of nitrogens with zero attached hydrogens (tertiary/aromatic N) is 1. The SMILES string of the molecule is O=C=NCc1ccc(F)c(O)c1F. The van der Waals surface area contributed by atoms with Crippen LogP contribution in [0.1, 0.15) is 5.56 Å². The first-order valence-corrected chi connectivity index (χ1v) is 3.36. The van der Waals surface area contributed by atoms with Crippen LogP contribution in [0.2, 0.25) is 0 Å². The van der Waals surface area contributed by atoms with Crippen molar-refractivity contribution in [2.24, 2.45) is 4.99 Å². The minimum atomic E-state index is -1.10. The minimum absolute atomic E-state index is 0.0535. The summed E-state index contributed by atoms with van der Waals surface area (Å²) in [6.07, 6.45) is 1.21. The van der Waals surface area contributed by atoms with Crippen LogP contribution in [0.15, 0.2) is 17.1 Å². The zero-order valence-corrected chi connectivity index (χ0v) is 6.42. The molecule has 1 aromatic rings. The topological polar surface area (TPSA) is 49.7 Å². The maximum absolute atomic E-state index is 12.9.